The predicted molar refractivity (Wildman–Crippen MR) is 387 cm³/mol. The van der Waals surface area contributed by atoms with Gasteiger partial charge in [-0.25, -0.2) is 4.39 Å². The fourth-order valence-corrected chi connectivity index (χ4v) is 14.3. The zero-order valence-electron chi connectivity index (χ0n) is 63.7. The van der Waals surface area contributed by atoms with Crippen LogP contribution < -0.4 is 16.0 Å². The lowest BCUT2D eigenvalue weighted by Gasteiger charge is -2.45. The fraction of sp³-hybridized carbons (Fsp3) is 0.605. The molecule has 2 saturated heterocycles. The van der Waals surface area contributed by atoms with Crippen molar-refractivity contribution in [1.82, 2.24) is 60.0 Å². The monoisotopic (exact) mass is 1490 g/mol. The number of aryl methyl sites for hydroxylation is 2. The lowest BCUT2D eigenvalue weighted by Crippen LogP contribution is -2.65. The van der Waals surface area contributed by atoms with E-state index in [9.17, 15) is 46.7 Å². The number of hydrogen-bond donors (Lipinski definition) is 3. The normalized spacial score (nSPS) is 24.8. The van der Waals surface area contributed by atoms with Crippen LogP contribution in [0.4, 0.5) is 17.6 Å². The molecule has 578 valence electrons. The van der Waals surface area contributed by atoms with Crippen LogP contribution in [0, 0.1) is 30.5 Å². The maximum Gasteiger partial charge on any atom is 0.417 e. The molecule has 3 aliphatic rings. The summed E-state index contributed by atoms with van der Waals surface area (Å²) in [4.78, 5) is 191. The molecule has 3 fully saturated rings. The largest absolute Gasteiger partial charge is 0.417 e. The smallest absolute Gasteiger partial charge is 0.347 e. The maximum absolute atomic E-state index is 15.7. The first-order chi connectivity index (χ1) is 49.1. The van der Waals surface area contributed by atoms with E-state index in [1.807, 2.05) is 39.8 Å². The standard InChI is InChI=1S/C76H107ClF4N12O12/c1-18-46(6)63-72(103)87(12)48(8)67(98)93-36-33-56(93)71(102)90(15)59(40-50-27-25-45(5)26-28-50)70(101)86(11)43-61(94)82-55(32-30-49-29-31-53(54(77)39-49)76(79,80)81)68(99)89(14)58(41-51-23-22-24-52(78)38-51)66(97)84-75(34-20-21-35-75)74(105)92(17)64(47(7)19-2)73(104)91(16)60(69(100)85(9)10)42-62(95)88(13)57(37-44(3)4)65(96)83-63/h22-29,31,38-39,44,46-48,55-60,63-64H,18-21,30,32-37,40-43H2,1-17H3,(H,82,94)(H,83,96)(H,84,97)/t46-,47-,48-,55-,56-,57-,58-,59-,60-,63-,64-/m0/s1. The Morgan fingerprint density at radius 2 is 1.26 bits per heavy atom. The molecule has 0 radical (unpaired) electrons. The fourth-order valence-electron chi connectivity index (χ4n) is 14.0. The number of likely N-dealkylation sites (N-methyl/N-ethyl adjacent to an activating group) is 8. The number of carbonyl (C=O) groups excluding carboxylic acids is 12. The highest BCUT2D eigenvalue weighted by Crippen LogP contribution is 2.37. The molecule has 2 heterocycles. The molecule has 1 saturated carbocycles. The quantitative estimate of drug-likeness (QED) is 0.150. The van der Waals surface area contributed by atoms with E-state index >= 15 is 28.4 Å². The lowest BCUT2D eigenvalue weighted by atomic mass is 9.90. The van der Waals surface area contributed by atoms with Crippen molar-refractivity contribution >= 4 is 82.5 Å². The van der Waals surface area contributed by atoms with E-state index in [1.165, 1.54) is 118 Å². The van der Waals surface area contributed by atoms with Crippen LogP contribution in [-0.4, -0.2) is 251 Å². The van der Waals surface area contributed by atoms with E-state index in [0.29, 0.717) is 31.2 Å². The van der Waals surface area contributed by atoms with E-state index in [2.05, 4.69) is 16.0 Å². The van der Waals surface area contributed by atoms with Gasteiger partial charge in [-0.05, 0) is 111 Å². The molecule has 3 aromatic carbocycles. The predicted octanol–water partition coefficient (Wildman–Crippen LogP) is 6.29. The summed E-state index contributed by atoms with van der Waals surface area (Å²) in [6.07, 6.45) is -4.69. The van der Waals surface area contributed by atoms with Gasteiger partial charge in [0.2, 0.25) is 70.9 Å². The maximum atomic E-state index is 15.7. The molecule has 24 nitrogen and oxygen atoms in total. The molecule has 1 aliphatic carbocycles. The summed E-state index contributed by atoms with van der Waals surface area (Å²) in [6.45, 7) is 13.4. The molecule has 105 heavy (non-hydrogen) atoms. The summed E-state index contributed by atoms with van der Waals surface area (Å²) in [6, 6.07) is 3.09. The number of hydrogen-bond acceptors (Lipinski definition) is 12. The van der Waals surface area contributed by atoms with Crippen LogP contribution in [0.25, 0.3) is 0 Å². The highest BCUT2D eigenvalue weighted by atomic mass is 35.5. The summed E-state index contributed by atoms with van der Waals surface area (Å²) in [5.41, 5.74) is -0.943. The van der Waals surface area contributed by atoms with Gasteiger partial charge in [0.15, 0.2) is 0 Å². The molecule has 11 atom stereocenters. The van der Waals surface area contributed by atoms with Crippen molar-refractivity contribution in [3.8, 4) is 0 Å². The first kappa shape index (κ1) is 85.2. The highest BCUT2D eigenvalue weighted by Gasteiger charge is 2.51. The van der Waals surface area contributed by atoms with Gasteiger partial charge < -0.3 is 60.0 Å². The molecule has 0 unspecified atom stereocenters. The molecular formula is C76H107ClF4N12O12. The second-order valence-corrected chi connectivity index (χ2v) is 29.9. The second-order valence-electron chi connectivity index (χ2n) is 29.5. The number of halogens is 5. The first-order valence-corrected chi connectivity index (χ1v) is 36.4. The summed E-state index contributed by atoms with van der Waals surface area (Å²) < 4.78 is 57.1. The Hall–Kier alpha value is -8.69. The summed E-state index contributed by atoms with van der Waals surface area (Å²) >= 11 is 6.18. The number of amides is 12. The molecule has 0 aromatic heterocycles. The minimum Gasteiger partial charge on any atom is -0.347 e. The third-order valence-corrected chi connectivity index (χ3v) is 21.7. The van der Waals surface area contributed by atoms with Crippen molar-refractivity contribution in [2.75, 3.05) is 76.5 Å². The number of carbonyl (C=O) groups is 12. The minimum atomic E-state index is -4.82. The molecule has 12 amide bonds. The zero-order chi connectivity index (χ0) is 78.6. The number of benzene rings is 3. The SMILES string of the molecule is CC[C@H](C)[C@@H]1NC(=O)[C@H](CC(C)C)N(C)C(=O)C[C@@H](C(=O)N(C)C)N(C)C(=O)[C@H]([C@@H](C)CC)N(C)C(=O)C2(CCCC2)NC(=O)[C@H](Cc2cccc(F)c2)N(C)C(=O)[C@H](CCc2ccc(C(F)(F)F)c(Cl)c2)NC(=O)CN(C)C(=O)[C@H](Cc2ccc(C)cc2)N(C)C(=O)[C@@H]2CCN2C(=O)[C@H](C)N(C)C1=O. The molecule has 29 heteroatoms. The van der Waals surface area contributed by atoms with E-state index < -0.39 is 178 Å². The van der Waals surface area contributed by atoms with Gasteiger partial charge >= 0.3 is 6.18 Å². The lowest BCUT2D eigenvalue weighted by molar-refractivity contribution is -0.160. The minimum absolute atomic E-state index is 0.0361. The number of fused-ring (bicyclic) bond motifs is 1. The average Bonchev–Trinajstić information content (AvgIpc) is 1.75. The van der Waals surface area contributed by atoms with Gasteiger partial charge in [-0.1, -0.05) is 127 Å². The van der Waals surface area contributed by atoms with Crippen LogP contribution in [0.1, 0.15) is 140 Å². The number of rotatable bonds is 14. The van der Waals surface area contributed by atoms with Gasteiger partial charge in [0.1, 0.15) is 65.7 Å². The van der Waals surface area contributed by atoms with Gasteiger partial charge in [0.25, 0.3) is 0 Å². The van der Waals surface area contributed by atoms with Gasteiger partial charge in [0.05, 0.1) is 23.6 Å². The van der Waals surface area contributed by atoms with Gasteiger partial charge in [-0.2, -0.15) is 13.2 Å². The van der Waals surface area contributed by atoms with Gasteiger partial charge in [-0.15, -0.1) is 0 Å². The van der Waals surface area contributed by atoms with Crippen molar-refractivity contribution in [1.29, 1.82) is 0 Å². The summed E-state index contributed by atoms with van der Waals surface area (Å²) in [7, 11) is 12.3. The Labute approximate surface area is 619 Å². The topological polar surface area (TPSA) is 270 Å². The molecular weight excluding hydrogens is 1380 g/mol. The third kappa shape index (κ3) is 20.7. The molecule has 2 aliphatic heterocycles. The van der Waals surface area contributed by atoms with Crippen LogP contribution in [0.3, 0.4) is 0 Å². The number of nitrogens with one attached hydrogen (secondary N) is 3. The average molecular weight is 1490 g/mol. The Morgan fingerprint density at radius 3 is 1.81 bits per heavy atom. The van der Waals surface area contributed by atoms with Crippen LogP contribution in [0.2, 0.25) is 5.02 Å². The summed E-state index contributed by atoms with van der Waals surface area (Å²) in [5, 5.41) is 7.90. The van der Waals surface area contributed by atoms with Crippen molar-refractivity contribution < 1.29 is 75.1 Å². The molecule has 6 rings (SSSR count). The zero-order valence-corrected chi connectivity index (χ0v) is 64.5. The van der Waals surface area contributed by atoms with Crippen LogP contribution in [0.15, 0.2) is 66.7 Å². The molecule has 3 aromatic rings. The molecule has 0 bridgehead atoms. The Bertz CT molecular complexity index is 3670. The van der Waals surface area contributed by atoms with Crippen molar-refractivity contribution in [2.24, 2.45) is 17.8 Å². The third-order valence-electron chi connectivity index (χ3n) is 21.4. The van der Waals surface area contributed by atoms with E-state index in [-0.39, 0.29) is 75.0 Å². The van der Waals surface area contributed by atoms with Gasteiger partial charge in [0, 0.05) is 82.8 Å². The summed E-state index contributed by atoms with van der Waals surface area (Å²) in [5.74, 6) is -11.1. The van der Waals surface area contributed by atoms with Crippen LogP contribution >= 0.6 is 11.6 Å². The first-order valence-electron chi connectivity index (χ1n) is 36.0. The van der Waals surface area contributed by atoms with Gasteiger partial charge in [-0.3, -0.25) is 57.5 Å². The Balaban J connectivity index is 1.51. The number of alkyl halides is 3. The van der Waals surface area contributed by atoms with E-state index in [1.54, 1.807) is 32.9 Å². The Morgan fingerprint density at radius 1 is 0.657 bits per heavy atom. The highest BCUT2D eigenvalue weighted by molar-refractivity contribution is 6.31. The van der Waals surface area contributed by atoms with E-state index in [4.69, 9.17) is 11.6 Å². The van der Waals surface area contributed by atoms with Crippen molar-refractivity contribution in [2.45, 2.75) is 205 Å². The van der Waals surface area contributed by atoms with Crippen LogP contribution in [-0.2, 0) is 83.0 Å². The van der Waals surface area contributed by atoms with Crippen molar-refractivity contribution in [3.63, 3.8) is 0 Å². The molecule has 3 N–H and O–H groups in total. The second kappa shape index (κ2) is 36.5. The van der Waals surface area contributed by atoms with Crippen LogP contribution in [0.5, 0.6) is 0 Å². The number of nitrogens with zero attached hydrogens (tertiary/aromatic N) is 9. The van der Waals surface area contributed by atoms with E-state index in [0.717, 1.165) is 44.5 Å². The van der Waals surface area contributed by atoms with Crippen molar-refractivity contribution in [3.05, 3.63) is 105 Å². The molecule has 1 spiro atoms. The Kier molecular flexibility index (Phi) is 29.7.